The summed E-state index contributed by atoms with van der Waals surface area (Å²) in [7, 11) is 0. The van der Waals surface area contributed by atoms with Gasteiger partial charge in [0.15, 0.2) is 16.2 Å². The molecule has 14 nitrogen and oxygen atoms in total. The van der Waals surface area contributed by atoms with Crippen LogP contribution in [0.5, 0.6) is 0 Å². The van der Waals surface area contributed by atoms with Crippen molar-refractivity contribution in [1.82, 2.24) is 29.8 Å². The normalized spacial score (nSPS) is 16.1. The van der Waals surface area contributed by atoms with Gasteiger partial charge in [0.05, 0.1) is 5.41 Å². The zero-order valence-corrected chi connectivity index (χ0v) is 39.8. The van der Waals surface area contributed by atoms with Gasteiger partial charge < -0.3 is 21.0 Å². The Labute approximate surface area is 411 Å². The van der Waals surface area contributed by atoms with E-state index in [0.29, 0.717) is 25.6 Å². The van der Waals surface area contributed by atoms with Crippen molar-refractivity contribution in [3.05, 3.63) is 224 Å². The lowest BCUT2D eigenvalue weighted by Crippen LogP contribution is -2.71. The molecule has 2 atom stereocenters. The summed E-state index contributed by atoms with van der Waals surface area (Å²) in [5.74, 6) is -1.68. The number of benzene rings is 5. The second-order valence-corrected chi connectivity index (χ2v) is 20.3. The van der Waals surface area contributed by atoms with Gasteiger partial charge in [0, 0.05) is 23.3 Å². The first-order valence-corrected chi connectivity index (χ1v) is 25.3. The Kier molecular flexibility index (Phi) is 12.7. The maximum absolute atomic E-state index is 14.7. The first-order valence-electron chi connectivity index (χ1n) is 21.6. The summed E-state index contributed by atoms with van der Waals surface area (Å²) in [5, 5.41) is 21.1. The van der Waals surface area contributed by atoms with E-state index in [-0.39, 0.29) is 33.5 Å². The number of β-lactam (4-membered cyclic amide) rings is 1. The lowest BCUT2D eigenvalue weighted by molar-refractivity contribution is -0.154. The fourth-order valence-corrected chi connectivity index (χ4v) is 13.2. The fourth-order valence-electron chi connectivity index (χ4n) is 8.65. The van der Waals surface area contributed by atoms with Crippen LogP contribution in [0.4, 0.5) is 5.00 Å². The number of hydrogen-bond acceptors (Lipinski definition) is 15. The number of nitrogen functional groups attached to an aromatic ring is 1. The topological polar surface area (TPSA) is 194 Å². The van der Waals surface area contributed by atoms with Crippen LogP contribution in [0.25, 0.3) is 4.96 Å². The van der Waals surface area contributed by atoms with Gasteiger partial charge in [0.2, 0.25) is 4.96 Å². The van der Waals surface area contributed by atoms with Gasteiger partial charge in [-0.3, -0.25) is 19.3 Å². The molecule has 10 rings (SSSR count). The third kappa shape index (κ3) is 8.49. The Morgan fingerprint density at radius 1 is 0.841 bits per heavy atom. The molecule has 8 aromatic rings. The average Bonchev–Trinajstić information content (AvgIpc) is 3.98. The van der Waals surface area contributed by atoms with Gasteiger partial charge in [0.25, 0.3) is 17.4 Å². The largest absolute Gasteiger partial charge is 0.448 e. The Hall–Kier alpha value is -7.38. The maximum Gasteiger partial charge on any atom is 0.356 e. The molecule has 0 radical (unpaired) electrons. The van der Waals surface area contributed by atoms with Gasteiger partial charge in [-0.2, -0.15) is 4.52 Å². The number of hydrogen-bond donors (Lipinski definition) is 3. The number of ether oxygens (including phenoxy) is 1. The van der Waals surface area contributed by atoms with Crippen LogP contribution in [0.2, 0.25) is 0 Å². The number of rotatable bonds is 14. The van der Waals surface area contributed by atoms with E-state index in [2.05, 4.69) is 20.6 Å². The molecule has 1 fully saturated rings. The first kappa shape index (κ1) is 45.4. The molecule has 3 aromatic heterocycles. The minimum Gasteiger partial charge on any atom is -0.448 e. The monoisotopic (exact) mass is 988 g/mol. The minimum absolute atomic E-state index is 0.0503. The molecular formula is C51H40N8O6S4. The predicted molar refractivity (Wildman–Crippen MR) is 269 cm³/mol. The molecular weight excluding hydrogens is 949 g/mol. The average molecular weight is 989 g/mol. The van der Waals surface area contributed by atoms with Crippen molar-refractivity contribution in [3.8, 4) is 0 Å². The van der Waals surface area contributed by atoms with Gasteiger partial charge in [-0.25, -0.2) is 14.8 Å². The van der Waals surface area contributed by atoms with E-state index in [0.717, 1.165) is 27.8 Å². The van der Waals surface area contributed by atoms with Gasteiger partial charge in [0.1, 0.15) is 32.8 Å². The van der Waals surface area contributed by atoms with Crippen LogP contribution in [-0.2, 0) is 24.5 Å². The molecule has 5 aromatic carbocycles. The van der Waals surface area contributed by atoms with Crippen LogP contribution < -0.4 is 16.6 Å². The van der Waals surface area contributed by atoms with Crippen molar-refractivity contribution < 1.29 is 24.3 Å². The number of thiazole rings is 1. The number of anilines is 1. The number of nitrogens with two attached hydrogens (primary N) is 1. The second kappa shape index (κ2) is 19.3. The Balaban J connectivity index is 0.961. The van der Waals surface area contributed by atoms with E-state index in [1.165, 1.54) is 61.7 Å². The summed E-state index contributed by atoms with van der Waals surface area (Å²) in [6.07, 6.45) is -0.812. The zero-order chi connectivity index (χ0) is 47.6. The van der Waals surface area contributed by atoms with Crippen LogP contribution in [0.3, 0.4) is 0 Å². The number of aryl methyl sites for hydroxylation is 1. The molecule has 344 valence electrons. The smallest absolute Gasteiger partial charge is 0.356 e. The van der Waals surface area contributed by atoms with Crippen LogP contribution >= 0.6 is 46.2 Å². The highest BCUT2D eigenvalue weighted by atomic mass is 32.2. The van der Waals surface area contributed by atoms with Crippen molar-refractivity contribution in [2.45, 2.75) is 34.2 Å². The third-order valence-electron chi connectivity index (χ3n) is 11.8. The van der Waals surface area contributed by atoms with Gasteiger partial charge >= 0.3 is 5.97 Å². The lowest BCUT2D eigenvalue weighted by Gasteiger charge is -2.49. The Morgan fingerprint density at radius 2 is 1.39 bits per heavy atom. The van der Waals surface area contributed by atoms with Crippen LogP contribution in [-0.4, -0.2) is 76.1 Å². The highest BCUT2D eigenvalue weighted by Crippen LogP contribution is 2.48. The van der Waals surface area contributed by atoms with Gasteiger partial charge in [-0.15, -0.1) is 16.9 Å². The predicted octanol–water partition coefficient (Wildman–Crippen LogP) is 7.84. The molecule has 2 amide bonds. The molecule has 4 N–H and O–H groups in total. The number of aromatic nitrogens is 4. The van der Waals surface area contributed by atoms with Crippen molar-refractivity contribution in [1.29, 1.82) is 0 Å². The summed E-state index contributed by atoms with van der Waals surface area (Å²) < 4.78 is 8.13. The highest BCUT2D eigenvalue weighted by Gasteiger charge is 2.55. The standard InChI is InChI=1S/C51H40N8O6S4/c1-30-27-37(60)59-49(53-30)69-50(56-59)67-29-33-28-66-46-40(45(62)58(46)41(33)47(63)65-42(31-17-7-2-8-18-31)32-19-9-3-10-20-32)54-44(61)39(57-64)38-43(52)68-48(55-38)51(34-21-11-4-12-22-34,35-23-13-5-14-24-35)36-25-15-6-16-26-36/h2-27,40,42,46,64H,28-29,52H2,1H3,(H,54,61)/b57-39+/t40-,46-/m1/s1. The third-order valence-corrected chi connectivity index (χ3v) is 16.3. The Bertz CT molecular complexity index is 3200. The van der Waals surface area contributed by atoms with Crippen molar-refractivity contribution in [2.75, 3.05) is 17.2 Å². The molecule has 18 heteroatoms. The van der Waals surface area contributed by atoms with E-state index >= 15 is 0 Å². The molecule has 2 aliphatic heterocycles. The maximum atomic E-state index is 14.7. The molecule has 0 saturated carbocycles. The fraction of sp³-hybridized carbons (Fsp3) is 0.137. The number of amides is 2. The second-order valence-electron chi connectivity index (χ2n) is 16.0. The molecule has 69 heavy (non-hydrogen) atoms. The van der Waals surface area contributed by atoms with Crippen LogP contribution in [0.1, 0.15) is 50.3 Å². The van der Waals surface area contributed by atoms with E-state index in [1.54, 1.807) is 6.92 Å². The number of carbonyl (C=O) groups is 3. The molecule has 0 bridgehead atoms. The molecule has 2 aliphatic rings. The molecule has 0 aliphatic carbocycles. The van der Waals surface area contributed by atoms with Crippen molar-refractivity contribution in [3.63, 3.8) is 0 Å². The number of carbonyl (C=O) groups excluding carboxylic acids is 3. The zero-order valence-electron chi connectivity index (χ0n) is 36.5. The van der Waals surface area contributed by atoms with E-state index in [1.807, 2.05) is 152 Å². The van der Waals surface area contributed by atoms with Gasteiger partial charge in [-0.1, -0.05) is 191 Å². The summed E-state index contributed by atoms with van der Waals surface area (Å²) in [4.78, 5) is 67.4. The van der Waals surface area contributed by atoms with Crippen molar-refractivity contribution >= 4 is 79.7 Å². The molecule has 5 heterocycles. The summed E-state index contributed by atoms with van der Waals surface area (Å²) in [6.45, 7) is 1.74. The van der Waals surface area contributed by atoms with Crippen LogP contribution in [0.15, 0.2) is 183 Å². The van der Waals surface area contributed by atoms with Crippen molar-refractivity contribution in [2.24, 2.45) is 5.16 Å². The summed E-state index contributed by atoms with van der Waals surface area (Å²) in [6, 6.07) is 48.4. The number of oxime groups is 1. The minimum atomic E-state index is -1.13. The Morgan fingerprint density at radius 3 is 1.94 bits per heavy atom. The quantitative estimate of drug-likeness (QED) is 0.0182. The molecule has 0 spiro atoms. The number of nitrogens with zero attached hydrogens (tertiary/aromatic N) is 6. The SMILES string of the molecule is Cc1cc(=O)n2nc(SCC3=C(C(=O)OC(c4ccccc4)c4ccccc4)N4C(=O)[C@@H](NC(=O)/C(=N/O)c5nc(C(c6ccccc6)(c6ccccc6)c6ccccc6)sc5N)[C@H]4SC3)sc2n1. The van der Waals surface area contributed by atoms with E-state index in [9.17, 15) is 24.4 Å². The number of esters is 1. The summed E-state index contributed by atoms with van der Waals surface area (Å²) in [5.41, 5.74) is 10.2. The van der Waals surface area contributed by atoms with Gasteiger partial charge in [-0.05, 0) is 40.3 Å². The molecule has 1 saturated heterocycles. The number of thioether (sulfide) groups is 2. The number of nitrogens with one attached hydrogen (secondary N) is 1. The van der Waals surface area contributed by atoms with Crippen LogP contribution in [0, 0.1) is 6.92 Å². The first-order chi connectivity index (χ1) is 33.6. The molecule has 0 unspecified atom stereocenters. The number of fused-ring (bicyclic) bond motifs is 2. The van der Waals surface area contributed by atoms with E-state index < -0.39 is 46.4 Å². The highest BCUT2D eigenvalue weighted by molar-refractivity contribution is 8.02. The summed E-state index contributed by atoms with van der Waals surface area (Å²) >= 11 is 5.07. The lowest BCUT2D eigenvalue weighted by atomic mass is 9.70. The van der Waals surface area contributed by atoms with E-state index in [4.69, 9.17) is 15.5 Å².